The standard InChI is InChI=1S/C25H24N2O2/c1-3-4-5-6-7-10-16-29-25(28)21-15-11-14-20-23(21)18-12-8-9-13-19(18)24(20)22(17-26)27-2/h8-9,11-15H,3-7,10,16H2,1H3/b24-22+. The molecule has 0 atom stereocenters. The Morgan fingerprint density at radius 3 is 2.41 bits per heavy atom. The predicted octanol–water partition coefficient (Wildman–Crippen LogP) is 6.39. The number of ether oxygens (including phenoxy) is 1. The van der Waals surface area contributed by atoms with Crippen LogP contribution in [0.4, 0.5) is 0 Å². The lowest BCUT2D eigenvalue weighted by Gasteiger charge is -2.10. The van der Waals surface area contributed by atoms with Crippen molar-refractivity contribution in [1.29, 1.82) is 5.26 Å². The highest BCUT2D eigenvalue weighted by Gasteiger charge is 2.30. The van der Waals surface area contributed by atoms with E-state index in [0.717, 1.165) is 35.1 Å². The summed E-state index contributed by atoms with van der Waals surface area (Å²) in [4.78, 5) is 16.2. The van der Waals surface area contributed by atoms with Gasteiger partial charge in [0.1, 0.15) is 0 Å². The molecule has 0 unspecified atom stereocenters. The molecular weight excluding hydrogens is 360 g/mol. The number of rotatable bonds is 8. The van der Waals surface area contributed by atoms with E-state index in [1.807, 2.05) is 36.4 Å². The molecule has 0 aromatic heterocycles. The van der Waals surface area contributed by atoms with E-state index in [9.17, 15) is 10.1 Å². The molecule has 0 fully saturated rings. The molecule has 0 heterocycles. The van der Waals surface area contributed by atoms with Crippen LogP contribution in [-0.2, 0) is 4.74 Å². The fourth-order valence-corrected chi connectivity index (χ4v) is 3.80. The molecule has 29 heavy (non-hydrogen) atoms. The van der Waals surface area contributed by atoms with Gasteiger partial charge in [0.2, 0.25) is 0 Å². The molecule has 2 aromatic rings. The van der Waals surface area contributed by atoms with E-state index in [0.29, 0.717) is 17.7 Å². The zero-order valence-electron chi connectivity index (χ0n) is 16.7. The largest absolute Gasteiger partial charge is 0.462 e. The summed E-state index contributed by atoms with van der Waals surface area (Å²) in [6, 6.07) is 15.0. The number of nitriles is 1. The molecule has 0 bridgehead atoms. The fraction of sp³-hybridized carbons (Fsp3) is 0.320. The Morgan fingerprint density at radius 2 is 1.69 bits per heavy atom. The molecule has 0 saturated heterocycles. The summed E-state index contributed by atoms with van der Waals surface area (Å²) in [5.41, 5.74) is 4.29. The number of benzene rings is 2. The second-order valence-electron chi connectivity index (χ2n) is 7.12. The second kappa shape index (κ2) is 9.71. The quantitative estimate of drug-likeness (QED) is 0.196. The molecule has 4 nitrogen and oxygen atoms in total. The van der Waals surface area contributed by atoms with E-state index >= 15 is 0 Å². The van der Waals surface area contributed by atoms with Gasteiger partial charge in [0.05, 0.1) is 24.8 Å². The van der Waals surface area contributed by atoms with E-state index in [2.05, 4.69) is 11.8 Å². The Balaban J connectivity index is 1.85. The van der Waals surface area contributed by atoms with Gasteiger partial charge in [0.25, 0.3) is 5.70 Å². The van der Waals surface area contributed by atoms with E-state index in [4.69, 9.17) is 11.3 Å². The molecule has 2 aromatic carbocycles. The monoisotopic (exact) mass is 384 g/mol. The summed E-state index contributed by atoms with van der Waals surface area (Å²) in [5.74, 6) is -0.354. The van der Waals surface area contributed by atoms with E-state index in [-0.39, 0.29) is 11.7 Å². The number of nitrogens with zero attached hydrogens (tertiary/aromatic N) is 2. The third-order valence-electron chi connectivity index (χ3n) is 5.21. The molecule has 3 rings (SSSR count). The van der Waals surface area contributed by atoms with Crippen molar-refractivity contribution in [2.24, 2.45) is 0 Å². The highest BCUT2D eigenvalue weighted by molar-refractivity contribution is 6.10. The number of carbonyl (C=O) groups excluding carboxylic acids is 1. The van der Waals surface area contributed by atoms with Crippen molar-refractivity contribution < 1.29 is 9.53 Å². The number of hydrogen-bond donors (Lipinski definition) is 0. The number of hydrogen-bond acceptors (Lipinski definition) is 3. The first-order valence-corrected chi connectivity index (χ1v) is 10.1. The van der Waals surface area contributed by atoms with E-state index < -0.39 is 0 Å². The lowest BCUT2D eigenvalue weighted by molar-refractivity contribution is 0.0498. The minimum atomic E-state index is -0.354. The lowest BCUT2D eigenvalue weighted by atomic mass is 9.99. The topological polar surface area (TPSA) is 54.5 Å². The maximum absolute atomic E-state index is 12.8. The van der Waals surface area contributed by atoms with Gasteiger partial charge >= 0.3 is 5.97 Å². The average Bonchev–Trinajstić information content (AvgIpc) is 3.09. The van der Waals surface area contributed by atoms with Crippen LogP contribution in [0.5, 0.6) is 0 Å². The van der Waals surface area contributed by atoms with Gasteiger partial charge < -0.3 is 4.74 Å². The van der Waals surface area contributed by atoms with E-state index in [1.54, 1.807) is 12.1 Å². The van der Waals surface area contributed by atoms with Crippen molar-refractivity contribution in [3.05, 3.63) is 76.3 Å². The minimum absolute atomic E-state index is 0.0359. The first-order chi connectivity index (χ1) is 14.2. The van der Waals surface area contributed by atoms with Crippen LogP contribution < -0.4 is 0 Å². The Morgan fingerprint density at radius 1 is 1.00 bits per heavy atom. The summed E-state index contributed by atoms with van der Waals surface area (Å²) in [6.45, 7) is 9.97. The smallest absolute Gasteiger partial charge is 0.338 e. The summed E-state index contributed by atoms with van der Waals surface area (Å²) in [5, 5.41) is 9.42. The van der Waals surface area contributed by atoms with Crippen molar-refractivity contribution in [3.63, 3.8) is 0 Å². The van der Waals surface area contributed by atoms with Gasteiger partial charge in [-0.2, -0.15) is 0 Å². The zero-order valence-corrected chi connectivity index (χ0v) is 16.7. The maximum Gasteiger partial charge on any atom is 0.338 e. The number of esters is 1. The minimum Gasteiger partial charge on any atom is -0.462 e. The second-order valence-corrected chi connectivity index (χ2v) is 7.12. The van der Waals surface area contributed by atoms with Crippen LogP contribution in [0.15, 0.2) is 48.2 Å². The van der Waals surface area contributed by atoms with Gasteiger partial charge in [0, 0.05) is 11.1 Å². The first kappa shape index (κ1) is 20.4. The van der Waals surface area contributed by atoms with Crippen LogP contribution in [-0.4, -0.2) is 12.6 Å². The SMILES string of the molecule is [C-]#[N+]/C(C#N)=C1\c2ccccc2-c2c(C(=O)OCCCCCCCC)cccc21. The third kappa shape index (κ3) is 4.23. The van der Waals surface area contributed by atoms with E-state index in [1.165, 1.54) is 25.7 Å². The van der Waals surface area contributed by atoms with Crippen LogP contribution in [0.1, 0.15) is 66.9 Å². The van der Waals surface area contributed by atoms with Crippen LogP contribution >= 0.6 is 0 Å². The molecule has 0 spiro atoms. The number of fused-ring (bicyclic) bond motifs is 3. The molecule has 1 aliphatic rings. The molecule has 0 amide bonds. The van der Waals surface area contributed by atoms with Gasteiger partial charge in [0.15, 0.2) is 0 Å². The summed E-state index contributed by atoms with van der Waals surface area (Å²) >= 11 is 0. The third-order valence-corrected chi connectivity index (χ3v) is 5.21. The molecule has 146 valence electrons. The molecule has 4 heteroatoms. The molecule has 0 N–H and O–H groups in total. The van der Waals surface area contributed by atoms with Crippen LogP contribution in [0, 0.1) is 17.9 Å². The van der Waals surface area contributed by atoms with Gasteiger partial charge in [-0.25, -0.2) is 14.9 Å². The normalized spacial score (nSPS) is 13.1. The fourth-order valence-electron chi connectivity index (χ4n) is 3.80. The van der Waals surface area contributed by atoms with Crippen molar-refractivity contribution in [1.82, 2.24) is 0 Å². The number of carbonyl (C=O) groups is 1. The first-order valence-electron chi connectivity index (χ1n) is 10.1. The highest BCUT2D eigenvalue weighted by atomic mass is 16.5. The van der Waals surface area contributed by atoms with Gasteiger partial charge in [-0.1, -0.05) is 75.4 Å². The summed E-state index contributed by atoms with van der Waals surface area (Å²) < 4.78 is 5.54. The molecule has 0 radical (unpaired) electrons. The highest BCUT2D eigenvalue weighted by Crippen LogP contribution is 2.47. The number of allylic oxidation sites excluding steroid dienone is 1. The van der Waals surface area contributed by atoms with Crippen LogP contribution in [0.3, 0.4) is 0 Å². The Hall–Kier alpha value is -3.37. The van der Waals surface area contributed by atoms with Gasteiger partial charge in [-0.05, 0) is 29.2 Å². The molecule has 0 aliphatic heterocycles. The number of unbranched alkanes of at least 4 members (excludes halogenated alkanes) is 5. The van der Waals surface area contributed by atoms with Crippen molar-refractivity contribution in [2.75, 3.05) is 6.61 Å². The predicted molar refractivity (Wildman–Crippen MR) is 114 cm³/mol. The summed E-state index contributed by atoms with van der Waals surface area (Å²) in [7, 11) is 0. The van der Waals surface area contributed by atoms with Crippen molar-refractivity contribution in [2.45, 2.75) is 45.4 Å². The molecule has 0 saturated carbocycles. The lowest BCUT2D eigenvalue weighted by Crippen LogP contribution is -2.08. The van der Waals surface area contributed by atoms with Gasteiger partial charge in [-0.15, -0.1) is 0 Å². The summed E-state index contributed by atoms with van der Waals surface area (Å²) in [6.07, 6.45) is 6.79. The van der Waals surface area contributed by atoms with Crippen LogP contribution in [0.25, 0.3) is 21.5 Å². The van der Waals surface area contributed by atoms with Crippen LogP contribution in [0.2, 0.25) is 0 Å². The van der Waals surface area contributed by atoms with Crippen molar-refractivity contribution in [3.8, 4) is 17.2 Å². The molecular formula is C25H24N2O2. The Kier molecular flexibility index (Phi) is 6.82. The molecule has 1 aliphatic carbocycles. The van der Waals surface area contributed by atoms with Gasteiger partial charge in [-0.3, -0.25) is 0 Å². The Bertz CT molecular complexity index is 1010. The van der Waals surface area contributed by atoms with Crippen molar-refractivity contribution >= 4 is 11.5 Å². The maximum atomic E-state index is 12.8. The average molecular weight is 384 g/mol. The Labute approximate surface area is 172 Å². The zero-order chi connectivity index (χ0) is 20.6.